The Morgan fingerprint density at radius 3 is 2.72 bits per heavy atom. The summed E-state index contributed by atoms with van der Waals surface area (Å²) >= 11 is 0. The van der Waals surface area contributed by atoms with Crippen molar-refractivity contribution in [1.29, 1.82) is 0 Å². The summed E-state index contributed by atoms with van der Waals surface area (Å²) in [6, 6.07) is 9.76. The van der Waals surface area contributed by atoms with Crippen molar-refractivity contribution in [3.05, 3.63) is 65.7 Å². The van der Waals surface area contributed by atoms with Crippen molar-refractivity contribution in [3.8, 4) is 0 Å². The van der Waals surface area contributed by atoms with Gasteiger partial charge in [-0.2, -0.15) is 0 Å². The molecular formula is C19H23FN2O3. The van der Waals surface area contributed by atoms with Gasteiger partial charge in [-0.05, 0) is 31.0 Å². The third kappa shape index (κ3) is 4.61. The first-order chi connectivity index (χ1) is 12.0. The topological polar surface area (TPSA) is 71.5 Å². The number of benzene rings is 1. The molecule has 0 aliphatic carbocycles. The number of hydrogen-bond acceptors (Lipinski definition) is 4. The van der Waals surface area contributed by atoms with Crippen molar-refractivity contribution in [2.75, 3.05) is 20.3 Å². The Morgan fingerprint density at radius 2 is 2.12 bits per heavy atom. The molecule has 2 atom stereocenters. The minimum Gasteiger partial charge on any atom is -0.396 e. The van der Waals surface area contributed by atoms with Crippen LogP contribution in [-0.2, 0) is 21.6 Å². The van der Waals surface area contributed by atoms with Crippen LogP contribution < -0.4 is 5.32 Å². The van der Waals surface area contributed by atoms with Crippen molar-refractivity contribution in [1.82, 2.24) is 10.3 Å². The number of aliphatic hydroxyl groups is 1. The molecule has 0 aliphatic rings. The molecule has 0 saturated heterocycles. The van der Waals surface area contributed by atoms with Crippen LogP contribution in [0.25, 0.3) is 0 Å². The van der Waals surface area contributed by atoms with Gasteiger partial charge in [-0.15, -0.1) is 0 Å². The van der Waals surface area contributed by atoms with E-state index in [-0.39, 0.29) is 24.6 Å². The maximum Gasteiger partial charge on any atom is 0.256 e. The van der Waals surface area contributed by atoms with E-state index < -0.39 is 17.3 Å². The molecule has 2 rings (SSSR count). The van der Waals surface area contributed by atoms with Gasteiger partial charge in [0.1, 0.15) is 5.82 Å². The van der Waals surface area contributed by atoms with E-state index >= 15 is 0 Å². The SMILES string of the molecule is CO[C@@](C)(C(=O)NC[C@@H](CO)Cc1cccnc1)c1ccccc1F. The summed E-state index contributed by atoms with van der Waals surface area (Å²) in [7, 11) is 1.37. The lowest BCUT2D eigenvalue weighted by Crippen LogP contribution is -2.46. The lowest BCUT2D eigenvalue weighted by molar-refractivity contribution is -0.143. The monoisotopic (exact) mass is 346 g/mol. The van der Waals surface area contributed by atoms with E-state index in [1.807, 2.05) is 12.1 Å². The number of carbonyl (C=O) groups is 1. The molecule has 0 fully saturated rings. The minimum absolute atomic E-state index is 0.0848. The maximum absolute atomic E-state index is 14.1. The molecule has 0 aliphatic heterocycles. The van der Waals surface area contributed by atoms with Crippen molar-refractivity contribution in [3.63, 3.8) is 0 Å². The zero-order valence-corrected chi connectivity index (χ0v) is 14.4. The molecule has 6 heteroatoms. The first kappa shape index (κ1) is 19.0. The van der Waals surface area contributed by atoms with Gasteiger partial charge < -0.3 is 15.2 Å². The van der Waals surface area contributed by atoms with E-state index in [1.54, 1.807) is 24.5 Å². The number of carbonyl (C=O) groups excluding carboxylic acids is 1. The normalized spacial score (nSPS) is 14.6. The molecule has 134 valence electrons. The minimum atomic E-state index is -1.44. The second-order valence-electron chi connectivity index (χ2n) is 6.04. The van der Waals surface area contributed by atoms with Crippen molar-refractivity contribution in [2.24, 2.45) is 5.92 Å². The molecule has 25 heavy (non-hydrogen) atoms. The smallest absolute Gasteiger partial charge is 0.256 e. The zero-order chi connectivity index (χ0) is 18.3. The number of ether oxygens (including phenoxy) is 1. The molecule has 1 amide bonds. The summed E-state index contributed by atoms with van der Waals surface area (Å²) in [5.74, 6) is -1.13. The molecule has 1 aromatic heterocycles. The number of rotatable bonds is 8. The van der Waals surface area contributed by atoms with E-state index in [9.17, 15) is 14.3 Å². The van der Waals surface area contributed by atoms with Crippen LogP contribution >= 0.6 is 0 Å². The van der Waals surface area contributed by atoms with Gasteiger partial charge in [0.25, 0.3) is 5.91 Å². The second-order valence-corrected chi connectivity index (χ2v) is 6.04. The van der Waals surface area contributed by atoms with Crippen molar-refractivity contribution in [2.45, 2.75) is 18.9 Å². The lowest BCUT2D eigenvalue weighted by atomic mass is 9.93. The first-order valence-electron chi connectivity index (χ1n) is 8.09. The average molecular weight is 346 g/mol. The third-order valence-corrected chi connectivity index (χ3v) is 4.29. The number of methoxy groups -OCH3 is 1. The standard InChI is InChI=1S/C19H23FN2O3/c1-19(25-2,16-7-3-4-8-17(16)20)18(24)22-12-15(13-23)10-14-6-5-9-21-11-14/h3-9,11,15,23H,10,12-13H2,1-2H3,(H,22,24)/t15-,19+/m0/s1. The summed E-state index contributed by atoms with van der Waals surface area (Å²) in [5, 5.41) is 12.3. The summed E-state index contributed by atoms with van der Waals surface area (Å²) in [6.07, 6.45) is 3.98. The summed E-state index contributed by atoms with van der Waals surface area (Å²) < 4.78 is 19.4. The Hall–Kier alpha value is -2.31. The lowest BCUT2D eigenvalue weighted by Gasteiger charge is -2.28. The van der Waals surface area contributed by atoms with Crippen LogP contribution in [0.15, 0.2) is 48.8 Å². The predicted molar refractivity (Wildman–Crippen MR) is 92.3 cm³/mol. The van der Waals surface area contributed by atoms with Crippen LogP contribution in [-0.4, -0.2) is 36.3 Å². The fraction of sp³-hybridized carbons (Fsp3) is 0.368. The van der Waals surface area contributed by atoms with Crippen molar-refractivity contribution >= 4 is 5.91 Å². The number of halogens is 1. The number of aliphatic hydroxyl groups excluding tert-OH is 1. The number of nitrogens with zero attached hydrogens (tertiary/aromatic N) is 1. The Morgan fingerprint density at radius 1 is 1.36 bits per heavy atom. The molecular weight excluding hydrogens is 323 g/mol. The van der Waals surface area contributed by atoms with Crippen LogP contribution in [0, 0.1) is 11.7 Å². The number of pyridine rings is 1. The van der Waals surface area contributed by atoms with Crippen LogP contribution in [0.3, 0.4) is 0 Å². The van der Waals surface area contributed by atoms with E-state index in [4.69, 9.17) is 4.74 Å². The Bertz CT molecular complexity index is 696. The number of aromatic nitrogens is 1. The average Bonchev–Trinajstić information content (AvgIpc) is 2.65. The van der Waals surface area contributed by atoms with E-state index in [0.29, 0.717) is 6.42 Å². The Balaban J connectivity index is 2.05. The molecule has 1 heterocycles. The second kappa shape index (κ2) is 8.69. The molecule has 0 spiro atoms. The zero-order valence-electron chi connectivity index (χ0n) is 14.4. The van der Waals surface area contributed by atoms with Gasteiger partial charge in [0.05, 0.1) is 0 Å². The molecule has 2 aromatic rings. The summed E-state index contributed by atoms with van der Waals surface area (Å²) in [4.78, 5) is 16.7. The van der Waals surface area contributed by atoms with Crippen LogP contribution in [0.1, 0.15) is 18.1 Å². The summed E-state index contributed by atoms with van der Waals surface area (Å²) in [6.45, 7) is 1.69. The number of hydrogen-bond donors (Lipinski definition) is 2. The maximum atomic E-state index is 14.1. The number of amides is 1. The summed E-state index contributed by atoms with van der Waals surface area (Å²) in [5.41, 5.74) is -0.304. The third-order valence-electron chi connectivity index (χ3n) is 4.29. The van der Waals surface area contributed by atoms with Crippen LogP contribution in [0.2, 0.25) is 0 Å². The van der Waals surface area contributed by atoms with Gasteiger partial charge in [0, 0.05) is 44.1 Å². The highest BCUT2D eigenvalue weighted by Gasteiger charge is 2.37. The van der Waals surface area contributed by atoms with Gasteiger partial charge in [-0.1, -0.05) is 24.3 Å². The molecule has 1 aromatic carbocycles. The number of nitrogens with one attached hydrogen (secondary N) is 1. The molecule has 0 unspecified atom stereocenters. The van der Waals surface area contributed by atoms with Crippen LogP contribution in [0.5, 0.6) is 0 Å². The van der Waals surface area contributed by atoms with Gasteiger partial charge >= 0.3 is 0 Å². The molecule has 0 radical (unpaired) electrons. The van der Waals surface area contributed by atoms with E-state index in [0.717, 1.165) is 5.56 Å². The largest absolute Gasteiger partial charge is 0.396 e. The predicted octanol–water partition coefficient (Wildman–Crippen LogP) is 2.05. The highest BCUT2D eigenvalue weighted by molar-refractivity contribution is 5.86. The molecule has 0 saturated carbocycles. The van der Waals surface area contributed by atoms with Gasteiger partial charge in [-0.3, -0.25) is 9.78 Å². The van der Waals surface area contributed by atoms with Gasteiger partial charge in [0.15, 0.2) is 5.60 Å². The highest BCUT2D eigenvalue weighted by atomic mass is 19.1. The first-order valence-corrected chi connectivity index (χ1v) is 8.09. The van der Waals surface area contributed by atoms with E-state index in [2.05, 4.69) is 10.3 Å². The van der Waals surface area contributed by atoms with Crippen molar-refractivity contribution < 1.29 is 19.0 Å². The Kier molecular flexibility index (Phi) is 6.61. The van der Waals surface area contributed by atoms with E-state index in [1.165, 1.54) is 26.2 Å². The van der Waals surface area contributed by atoms with Gasteiger partial charge in [0.2, 0.25) is 0 Å². The fourth-order valence-electron chi connectivity index (χ4n) is 2.63. The highest BCUT2D eigenvalue weighted by Crippen LogP contribution is 2.27. The molecule has 5 nitrogen and oxygen atoms in total. The van der Waals surface area contributed by atoms with Crippen LogP contribution in [0.4, 0.5) is 4.39 Å². The van der Waals surface area contributed by atoms with Gasteiger partial charge in [-0.25, -0.2) is 4.39 Å². The molecule has 2 N–H and O–H groups in total. The fourth-order valence-corrected chi connectivity index (χ4v) is 2.63. The quantitative estimate of drug-likeness (QED) is 0.767. The Labute approximate surface area is 146 Å². The molecule has 0 bridgehead atoms.